The molecule has 2 N–H and O–H groups in total. The van der Waals surface area contributed by atoms with Gasteiger partial charge in [0.05, 0.1) is 16.6 Å². The molecule has 1 aliphatic heterocycles. The lowest BCUT2D eigenvalue weighted by Crippen LogP contribution is -2.28. The van der Waals surface area contributed by atoms with Crippen molar-refractivity contribution in [1.29, 1.82) is 0 Å². The van der Waals surface area contributed by atoms with Crippen LogP contribution in [-0.4, -0.2) is 24.3 Å². The summed E-state index contributed by atoms with van der Waals surface area (Å²) >= 11 is 6.27. The quantitative estimate of drug-likeness (QED) is 0.818. The van der Waals surface area contributed by atoms with Gasteiger partial charge in [-0.3, -0.25) is 14.4 Å². The van der Waals surface area contributed by atoms with E-state index in [0.717, 1.165) is 11.1 Å². The molecule has 0 bridgehead atoms. The van der Waals surface area contributed by atoms with Gasteiger partial charge in [-0.1, -0.05) is 17.7 Å². The molecule has 146 valence electrons. The van der Waals surface area contributed by atoms with Crippen LogP contribution in [0.5, 0.6) is 0 Å². The summed E-state index contributed by atoms with van der Waals surface area (Å²) < 4.78 is 0. The highest BCUT2D eigenvalue weighted by Gasteiger charge is 2.35. The fourth-order valence-corrected chi connectivity index (χ4v) is 3.73. The Morgan fingerprint density at radius 1 is 1.11 bits per heavy atom. The third kappa shape index (κ3) is 4.34. The van der Waals surface area contributed by atoms with Gasteiger partial charge in [0.15, 0.2) is 0 Å². The van der Waals surface area contributed by atoms with E-state index < -0.39 is 5.92 Å². The molecular formula is C21H22ClN3O3. The van der Waals surface area contributed by atoms with Gasteiger partial charge in [-0.25, -0.2) is 0 Å². The molecule has 0 saturated carbocycles. The Morgan fingerprint density at radius 2 is 1.79 bits per heavy atom. The van der Waals surface area contributed by atoms with Gasteiger partial charge < -0.3 is 15.5 Å². The zero-order valence-electron chi connectivity index (χ0n) is 16.0. The summed E-state index contributed by atoms with van der Waals surface area (Å²) in [5.74, 6) is -0.954. The van der Waals surface area contributed by atoms with Crippen LogP contribution in [0.15, 0.2) is 36.4 Å². The van der Waals surface area contributed by atoms with Gasteiger partial charge in [0.1, 0.15) is 0 Å². The van der Waals surface area contributed by atoms with Gasteiger partial charge >= 0.3 is 0 Å². The van der Waals surface area contributed by atoms with Gasteiger partial charge in [0.25, 0.3) is 0 Å². The number of nitrogens with zero attached hydrogens (tertiary/aromatic N) is 1. The average molecular weight is 400 g/mol. The van der Waals surface area contributed by atoms with Crippen LogP contribution in [0.2, 0.25) is 5.02 Å². The van der Waals surface area contributed by atoms with Crippen LogP contribution in [0, 0.1) is 19.8 Å². The van der Waals surface area contributed by atoms with Gasteiger partial charge in [-0.2, -0.15) is 0 Å². The van der Waals surface area contributed by atoms with Crippen molar-refractivity contribution >= 4 is 46.4 Å². The largest absolute Gasteiger partial charge is 0.326 e. The average Bonchev–Trinajstić information content (AvgIpc) is 3.00. The minimum atomic E-state index is -0.459. The van der Waals surface area contributed by atoms with Crippen LogP contribution in [0.25, 0.3) is 0 Å². The summed E-state index contributed by atoms with van der Waals surface area (Å²) in [5.41, 5.74) is 3.84. The molecule has 0 aliphatic carbocycles. The first kappa shape index (κ1) is 19.9. The molecule has 1 fully saturated rings. The zero-order chi connectivity index (χ0) is 20.4. The molecule has 28 heavy (non-hydrogen) atoms. The van der Waals surface area contributed by atoms with Gasteiger partial charge in [0, 0.05) is 31.3 Å². The standard InChI is InChI=1S/C21H22ClN3O3/c1-12-8-13(2)20(18(22)9-12)24-21(28)15-10-19(27)25(11-15)17-6-4-16(5-7-17)23-14(3)26/h4-9,15H,10-11H2,1-3H3,(H,23,26)(H,24,28). The second kappa shape index (κ2) is 8.02. The maximum Gasteiger partial charge on any atom is 0.229 e. The van der Waals surface area contributed by atoms with E-state index >= 15 is 0 Å². The lowest BCUT2D eigenvalue weighted by molar-refractivity contribution is -0.122. The molecule has 2 aromatic carbocycles. The van der Waals surface area contributed by atoms with Crippen molar-refractivity contribution in [2.45, 2.75) is 27.2 Å². The van der Waals surface area contributed by atoms with E-state index in [1.807, 2.05) is 19.9 Å². The molecule has 7 heteroatoms. The van der Waals surface area contributed by atoms with Crippen molar-refractivity contribution < 1.29 is 14.4 Å². The van der Waals surface area contributed by atoms with Crippen molar-refractivity contribution in [3.8, 4) is 0 Å². The second-order valence-corrected chi connectivity index (χ2v) is 7.47. The molecule has 3 amide bonds. The number of hydrogen-bond donors (Lipinski definition) is 2. The molecule has 6 nitrogen and oxygen atoms in total. The van der Waals surface area contributed by atoms with E-state index in [2.05, 4.69) is 10.6 Å². The summed E-state index contributed by atoms with van der Waals surface area (Å²) in [5, 5.41) is 6.04. The number of amides is 3. The maximum atomic E-state index is 12.7. The second-order valence-electron chi connectivity index (χ2n) is 7.06. The molecule has 1 heterocycles. The first-order valence-electron chi connectivity index (χ1n) is 9.00. The van der Waals surface area contributed by atoms with E-state index in [1.165, 1.54) is 6.92 Å². The summed E-state index contributed by atoms with van der Waals surface area (Å²) in [7, 11) is 0. The predicted octanol–water partition coefficient (Wildman–Crippen LogP) is 3.91. The number of rotatable bonds is 4. The van der Waals surface area contributed by atoms with Gasteiger partial charge in [-0.05, 0) is 55.3 Å². The molecule has 1 unspecified atom stereocenters. The fraction of sp³-hybridized carbons (Fsp3) is 0.286. The van der Waals surface area contributed by atoms with Crippen molar-refractivity contribution in [3.05, 3.63) is 52.5 Å². The molecule has 0 spiro atoms. The molecule has 0 aromatic heterocycles. The van der Waals surface area contributed by atoms with E-state index in [4.69, 9.17) is 11.6 Å². The van der Waals surface area contributed by atoms with Crippen molar-refractivity contribution in [2.75, 3.05) is 22.1 Å². The van der Waals surface area contributed by atoms with Crippen molar-refractivity contribution in [2.24, 2.45) is 5.92 Å². The Balaban J connectivity index is 1.70. The number of halogens is 1. The van der Waals surface area contributed by atoms with Gasteiger partial charge in [-0.15, -0.1) is 0 Å². The van der Waals surface area contributed by atoms with Gasteiger partial charge in [0.2, 0.25) is 17.7 Å². The normalized spacial score (nSPS) is 16.2. The fourth-order valence-electron chi connectivity index (χ4n) is 3.36. The van der Waals surface area contributed by atoms with E-state index in [1.54, 1.807) is 35.2 Å². The van der Waals surface area contributed by atoms with Crippen LogP contribution < -0.4 is 15.5 Å². The first-order chi connectivity index (χ1) is 13.2. The molecule has 1 saturated heterocycles. The van der Waals surface area contributed by atoms with Crippen LogP contribution in [0.3, 0.4) is 0 Å². The first-order valence-corrected chi connectivity index (χ1v) is 9.38. The SMILES string of the molecule is CC(=O)Nc1ccc(N2CC(C(=O)Nc3c(C)cc(C)cc3Cl)CC2=O)cc1. The van der Waals surface area contributed by atoms with Crippen LogP contribution in [0.1, 0.15) is 24.5 Å². The third-order valence-corrected chi connectivity index (χ3v) is 4.97. The zero-order valence-corrected chi connectivity index (χ0v) is 16.8. The van der Waals surface area contributed by atoms with Crippen LogP contribution in [-0.2, 0) is 14.4 Å². The van der Waals surface area contributed by atoms with E-state index in [9.17, 15) is 14.4 Å². The minimum Gasteiger partial charge on any atom is -0.326 e. The van der Waals surface area contributed by atoms with Crippen molar-refractivity contribution in [1.82, 2.24) is 0 Å². The molecule has 1 atom stereocenters. The molecule has 0 radical (unpaired) electrons. The Hall–Kier alpha value is -2.86. The maximum absolute atomic E-state index is 12.7. The minimum absolute atomic E-state index is 0.112. The van der Waals surface area contributed by atoms with E-state index in [-0.39, 0.29) is 24.1 Å². The van der Waals surface area contributed by atoms with Crippen LogP contribution >= 0.6 is 11.6 Å². The number of anilines is 3. The summed E-state index contributed by atoms with van der Waals surface area (Å²) in [4.78, 5) is 37.8. The molecule has 3 rings (SSSR count). The molecule has 1 aliphatic rings. The molecule has 2 aromatic rings. The van der Waals surface area contributed by atoms with E-state index in [0.29, 0.717) is 28.6 Å². The number of carbonyl (C=O) groups excluding carboxylic acids is 3. The number of hydrogen-bond acceptors (Lipinski definition) is 3. The van der Waals surface area contributed by atoms with Crippen LogP contribution in [0.4, 0.5) is 17.1 Å². The monoisotopic (exact) mass is 399 g/mol. The summed E-state index contributed by atoms with van der Waals surface area (Å²) in [6.07, 6.45) is 0.141. The Bertz CT molecular complexity index is 917. The lowest BCUT2D eigenvalue weighted by atomic mass is 10.1. The Kier molecular flexibility index (Phi) is 5.70. The third-order valence-electron chi connectivity index (χ3n) is 4.68. The smallest absolute Gasteiger partial charge is 0.229 e. The number of nitrogens with one attached hydrogen (secondary N) is 2. The van der Waals surface area contributed by atoms with Crippen molar-refractivity contribution in [3.63, 3.8) is 0 Å². The highest BCUT2D eigenvalue weighted by Crippen LogP contribution is 2.30. The highest BCUT2D eigenvalue weighted by molar-refractivity contribution is 6.34. The molecular weight excluding hydrogens is 378 g/mol. The number of benzene rings is 2. The highest BCUT2D eigenvalue weighted by atomic mass is 35.5. The lowest BCUT2D eigenvalue weighted by Gasteiger charge is -2.18. The summed E-state index contributed by atoms with van der Waals surface area (Å²) in [6.45, 7) is 5.56. The predicted molar refractivity (Wildman–Crippen MR) is 111 cm³/mol. The number of carbonyl (C=O) groups is 3. The Morgan fingerprint density at radius 3 is 2.39 bits per heavy atom. The Labute approximate surface area is 168 Å². The number of aryl methyl sites for hydroxylation is 2. The summed E-state index contributed by atoms with van der Waals surface area (Å²) in [6, 6.07) is 10.7. The topological polar surface area (TPSA) is 78.5 Å².